The van der Waals surface area contributed by atoms with E-state index >= 15 is 0 Å². The molecule has 0 aromatic heterocycles. The maximum Gasteiger partial charge on any atom is 0.568 e. The summed E-state index contributed by atoms with van der Waals surface area (Å²) in [6.07, 6.45) is 2.34. The minimum absolute atomic E-state index is 0.236. The third-order valence-corrected chi connectivity index (χ3v) is 1.25. The van der Waals surface area contributed by atoms with Crippen LogP contribution in [0.5, 0.6) is 0 Å². The summed E-state index contributed by atoms with van der Waals surface area (Å²) in [4.78, 5) is 11.2. The van der Waals surface area contributed by atoms with Crippen LogP contribution in [0.3, 0.4) is 0 Å². The first-order valence-corrected chi connectivity index (χ1v) is 4.62. The van der Waals surface area contributed by atoms with Gasteiger partial charge in [-0.2, -0.15) is 0 Å². The van der Waals surface area contributed by atoms with E-state index in [1.807, 2.05) is 0 Å². The highest BCUT2D eigenvalue weighted by Crippen LogP contribution is 2.06. The molecule has 0 unspecified atom stereocenters. The van der Waals surface area contributed by atoms with Crippen LogP contribution in [0.1, 0.15) is 27.7 Å². The van der Waals surface area contributed by atoms with Gasteiger partial charge >= 0.3 is 13.8 Å². The molecule has 0 spiro atoms. The predicted molar refractivity (Wildman–Crippen MR) is 57.0 cm³/mol. The number of hydrogen-bond donors (Lipinski definition) is 2. The molecule has 0 aromatic carbocycles. The predicted octanol–water partition coefficient (Wildman–Crippen LogP) is 0.956. The van der Waals surface area contributed by atoms with E-state index in [1.165, 1.54) is 6.26 Å². The monoisotopic (exact) mass is 214 g/mol. The van der Waals surface area contributed by atoms with Crippen LogP contribution in [0.15, 0.2) is 12.3 Å². The Kier molecular flexibility index (Phi) is 5.85. The Hall–Kier alpha value is -1.17. The topological polar surface area (TPSA) is 67.8 Å². The Bertz CT molecular complexity index is 225. The number of hydrogen-bond acceptors (Lipinski definition) is 4. The van der Waals surface area contributed by atoms with E-state index in [1.54, 1.807) is 33.8 Å². The zero-order valence-electron chi connectivity index (χ0n) is 9.48. The van der Waals surface area contributed by atoms with E-state index < -0.39 is 11.7 Å². The second kappa shape index (κ2) is 6.34. The maximum absolute atomic E-state index is 11.2. The fraction of sp³-hybridized carbons (Fsp3) is 0.667. The molecule has 85 valence electrons. The lowest BCUT2D eigenvalue weighted by atomic mass is 10.2. The summed E-state index contributed by atoms with van der Waals surface area (Å²) in [5, 5.41) is 10.8. The minimum Gasteiger partial charge on any atom is -0.543 e. The first kappa shape index (κ1) is 13.8. The van der Waals surface area contributed by atoms with Gasteiger partial charge in [-0.05, 0) is 33.8 Å². The van der Waals surface area contributed by atoms with Gasteiger partial charge in [-0.1, -0.05) is 0 Å². The number of carbonyl (C=O) groups excluding carboxylic acids is 1. The second-order valence-electron chi connectivity index (χ2n) is 4.00. The molecule has 0 heterocycles. The summed E-state index contributed by atoms with van der Waals surface area (Å²) in [6.45, 7) is 7.12. The van der Waals surface area contributed by atoms with Gasteiger partial charge in [-0.15, -0.1) is 0 Å². The van der Waals surface area contributed by atoms with Crippen molar-refractivity contribution in [1.29, 1.82) is 0 Å². The highest BCUT2D eigenvalue weighted by molar-refractivity contribution is 6.16. The van der Waals surface area contributed by atoms with Crippen molar-refractivity contribution in [3.05, 3.63) is 12.3 Å². The van der Waals surface area contributed by atoms with Gasteiger partial charge in [0.05, 0.1) is 12.3 Å². The molecule has 0 aromatic rings. The molecule has 15 heavy (non-hydrogen) atoms. The van der Waals surface area contributed by atoms with Gasteiger partial charge in [0, 0.05) is 0 Å². The fourth-order valence-electron chi connectivity index (χ4n) is 0.740. The molecule has 5 nitrogen and oxygen atoms in total. The van der Waals surface area contributed by atoms with Gasteiger partial charge in [0.2, 0.25) is 0 Å². The van der Waals surface area contributed by atoms with Crippen molar-refractivity contribution in [2.45, 2.75) is 39.3 Å². The van der Waals surface area contributed by atoms with Crippen LogP contribution >= 0.6 is 0 Å². The maximum atomic E-state index is 11.2. The number of nitrogens with one attached hydrogen (secondary N) is 1. The van der Waals surface area contributed by atoms with Gasteiger partial charge in [-0.3, -0.25) is 0 Å². The number of ether oxygens (including phenoxy) is 1. The summed E-state index contributed by atoms with van der Waals surface area (Å²) < 4.78 is 9.48. The Morgan fingerprint density at radius 3 is 2.60 bits per heavy atom. The van der Waals surface area contributed by atoms with Crippen molar-refractivity contribution in [3.8, 4) is 0 Å². The van der Waals surface area contributed by atoms with Gasteiger partial charge < -0.3 is 19.7 Å². The largest absolute Gasteiger partial charge is 0.568 e. The third-order valence-electron chi connectivity index (χ3n) is 1.25. The smallest absolute Gasteiger partial charge is 0.543 e. The van der Waals surface area contributed by atoms with Gasteiger partial charge in [0.15, 0.2) is 0 Å². The third kappa shape index (κ3) is 9.15. The molecular weight excluding hydrogens is 197 g/mol. The molecule has 2 N–H and O–H groups in total. The summed E-state index contributed by atoms with van der Waals surface area (Å²) in [7, 11) is 0.552. The molecule has 0 rings (SSSR count). The number of alkyl carbamates (subject to hydrolysis) is 1. The molecular formula is C9H17BNO4. The van der Waals surface area contributed by atoms with Crippen LogP contribution < -0.4 is 5.32 Å². The highest BCUT2D eigenvalue weighted by Gasteiger charge is 2.16. The number of rotatable bonds is 4. The summed E-state index contributed by atoms with van der Waals surface area (Å²) in [5.41, 5.74) is -0.511. The van der Waals surface area contributed by atoms with Gasteiger partial charge in [-0.25, -0.2) is 4.79 Å². The molecule has 1 radical (unpaired) electrons. The number of carbonyl (C=O) groups is 1. The lowest BCUT2D eigenvalue weighted by molar-refractivity contribution is 0.0518. The van der Waals surface area contributed by atoms with Crippen molar-refractivity contribution in [1.82, 2.24) is 5.32 Å². The Labute approximate surface area is 90.8 Å². The summed E-state index contributed by atoms with van der Waals surface area (Å²) in [5.74, 6) is 0. The highest BCUT2D eigenvalue weighted by atomic mass is 16.6. The van der Waals surface area contributed by atoms with Crippen LogP contribution in [0.4, 0.5) is 4.79 Å². The molecule has 0 bridgehead atoms. The van der Waals surface area contributed by atoms with Crippen LogP contribution in [0.2, 0.25) is 0 Å². The van der Waals surface area contributed by atoms with E-state index in [4.69, 9.17) is 9.76 Å². The minimum atomic E-state index is -0.511. The molecule has 1 amide bonds. The van der Waals surface area contributed by atoms with E-state index in [0.29, 0.717) is 7.69 Å². The quantitative estimate of drug-likeness (QED) is 0.540. The second-order valence-corrected chi connectivity index (χ2v) is 4.00. The average Bonchev–Trinajstić information content (AvgIpc) is 2.00. The lowest BCUT2D eigenvalue weighted by Crippen LogP contribution is -2.36. The van der Waals surface area contributed by atoms with Crippen molar-refractivity contribution >= 4 is 13.8 Å². The van der Waals surface area contributed by atoms with E-state index in [-0.39, 0.29) is 6.04 Å². The first-order valence-electron chi connectivity index (χ1n) is 4.62. The van der Waals surface area contributed by atoms with Gasteiger partial charge in [0.1, 0.15) is 5.60 Å². The van der Waals surface area contributed by atoms with Crippen LogP contribution in [0.25, 0.3) is 0 Å². The average molecular weight is 214 g/mol. The van der Waals surface area contributed by atoms with Crippen LogP contribution in [0, 0.1) is 0 Å². The van der Waals surface area contributed by atoms with Crippen molar-refractivity contribution < 1.29 is 19.2 Å². The van der Waals surface area contributed by atoms with E-state index in [9.17, 15) is 4.79 Å². The molecule has 0 saturated carbocycles. The van der Waals surface area contributed by atoms with Crippen LogP contribution in [-0.2, 0) is 9.39 Å². The first-order chi connectivity index (χ1) is 6.85. The molecule has 0 fully saturated rings. The molecule has 0 aliphatic heterocycles. The van der Waals surface area contributed by atoms with E-state index in [2.05, 4.69) is 9.97 Å². The molecule has 0 saturated heterocycles. The Morgan fingerprint density at radius 1 is 1.53 bits per heavy atom. The Balaban J connectivity index is 3.86. The molecule has 6 heteroatoms. The summed E-state index contributed by atoms with van der Waals surface area (Å²) >= 11 is 0. The van der Waals surface area contributed by atoms with Crippen molar-refractivity contribution in [2.24, 2.45) is 0 Å². The zero-order valence-corrected chi connectivity index (χ0v) is 9.48. The standard InChI is InChI=1S/C9H17BNO4/c1-7(5-6-14-10-13)11-8(12)15-9(2,3)4/h5-7,13H,1-4H3,(H,11,12)/b6-5+/t7-/m1/s1. The molecule has 0 aliphatic rings. The lowest BCUT2D eigenvalue weighted by Gasteiger charge is -2.20. The number of amides is 1. The molecule has 1 atom stereocenters. The SMILES string of the molecule is C[C@H](/C=C/O[B]O)NC(=O)OC(C)(C)C. The van der Waals surface area contributed by atoms with Crippen molar-refractivity contribution in [2.75, 3.05) is 0 Å². The zero-order chi connectivity index (χ0) is 11.9. The van der Waals surface area contributed by atoms with Gasteiger partial charge in [0.25, 0.3) is 0 Å². The molecule has 0 aliphatic carbocycles. The summed E-state index contributed by atoms with van der Waals surface area (Å²) in [6, 6.07) is -0.236. The normalized spacial score (nSPS) is 13.4. The fourth-order valence-corrected chi connectivity index (χ4v) is 0.740. The Morgan fingerprint density at radius 2 is 2.13 bits per heavy atom. The van der Waals surface area contributed by atoms with Crippen LogP contribution in [-0.4, -0.2) is 30.4 Å². The van der Waals surface area contributed by atoms with Crippen molar-refractivity contribution in [3.63, 3.8) is 0 Å². The van der Waals surface area contributed by atoms with E-state index in [0.717, 1.165) is 0 Å².